The Morgan fingerprint density at radius 1 is 1.18 bits per heavy atom. The largest absolute Gasteiger partial charge is 0.383 e. The lowest BCUT2D eigenvalue weighted by molar-refractivity contribution is 0.681. The summed E-state index contributed by atoms with van der Waals surface area (Å²) < 4.78 is 2.17. The molecule has 3 heterocycles. The van der Waals surface area contributed by atoms with Crippen LogP contribution in [0, 0.1) is 0 Å². The molecule has 0 amide bonds. The lowest BCUT2D eigenvalue weighted by Gasteiger charge is -2.07. The number of nitrogens with zero attached hydrogens (tertiary/aromatic N) is 5. The molecule has 0 spiro atoms. The van der Waals surface area contributed by atoms with Crippen molar-refractivity contribution in [3.8, 4) is 0 Å². The summed E-state index contributed by atoms with van der Waals surface area (Å²) in [5.74, 6) is 3.69. The van der Waals surface area contributed by atoms with Gasteiger partial charge in [-0.3, -0.25) is 0 Å². The van der Waals surface area contributed by atoms with Crippen LogP contribution in [0.25, 0.3) is 10.2 Å². The molecule has 2 aliphatic carbocycles. The third kappa shape index (κ3) is 3.33. The van der Waals surface area contributed by atoms with E-state index in [9.17, 15) is 0 Å². The number of allylic oxidation sites excluding steroid dienone is 1. The highest BCUT2D eigenvalue weighted by Gasteiger charge is 2.30. The van der Waals surface area contributed by atoms with Crippen LogP contribution in [-0.4, -0.2) is 24.7 Å². The highest BCUT2D eigenvalue weighted by molar-refractivity contribution is 7.98. The van der Waals surface area contributed by atoms with E-state index < -0.39 is 0 Å². The molecular weight excluding hydrogens is 388 g/mol. The number of rotatable bonds is 6. The van der Waals surface area contributed by atoms with Gasteiger partial charge in [0.2, 0.25) is 0 Å². The van der Waals surface area contributed by atoms with Crippen molar-refractivity contribution in [2.45, 2.75) is 68.3 Å². The van der Waals surface area contributed by atoms with Gasteiger partial charge in [0.1, 0.15) is 22.3 Å². The second kappa shape index (κ2) is 7.48. The number of aromatic nitrogens is 5. The lowest BCUT2D eigenvalue weighted by atomic mass is 10.1. The molecule has 0 aromatic carbocycles. The Bertz CT molecular complexity index is 1030. The Morgan fingerprint density at radius 2 is 2.04 bits per heavy atom. The Morgan fingerprint density at radius 3 is 2.86 bits per heavy atom. The van der Waals surface area contributed by atoms with Gasteiger partial charge < -0.3 is 10.3 Å². The van der Waals surface area contributed by atoms with Crippen LogP contribution in [0.15, 0.2) is 17.8 Å². The maximum Gasteiger partial charge on any atom is 0.191 e. The van der Waals surface area contributed by atoms with Crippen LogP contribution < -0.4 is 5.73 Å². The second-order valence-corrected chi connectivity index (χ2v) is 9.60. The van der Waals surface area contributed by atoms with Crippen molar-refractivity contribution in [3.05, 3.63) is 34.7 Å². The average Bonchev–Trinajstić information content (AvgIpc) is 3.41. The minimum atomic E-state index is 0.562. The average molecular weight is 413 g/mol. The first-order chi connectivity index (χ1) is 13.7. The van der Waals surface area contributed by atoms with E-state index in [2.05, 4.69) is 26.3 Å². The number of nitrogens with two attached hydrogens (primary N) is 1. The van der Waals surface area contributed by atoms with Gasteiger partial charge in [-0.2, -0.15) is 0 Å². The molecule has 8 heteroatoms. The Hall–Kier alpha value is -1.93. The van der Waals surface area contributed by atoms with E-state index in [-0.39, 0.29) is 0 Å². The number of fused-ring (bicyclic) bond motifs is 3. The lowest BCUT2D eigenvalue weighted by Crippen LogP contribution is -2.04. The molecule has 3 aromatic rings. The zero-order chi connectivity index (χ0) is 19.1. The van der Waals surface area contributed by atoms with Crippen LogP contribution >= 0.6 is 23.1 Å². The normalized spacial score (nSPS) is 16.9. The Labute approximate surface area is 172 Å². The standard InChI is InChI=1S/C20H24N6S2/c1-2-10-26-18(12-8-9-12)24-25-20(26)27-11-15-22-17(21)16-13-6-4-3-5-7-14(13)28-19(16)23-15/h2,12H,1,3-11H2,(H2,21,22,23). The quantitative estimate of drug-likeness (QED) is 0.365. The summed E-state index contributed by atoms with van der Waals surface area (Å²) in [6.45, 7) is 4.61. The van der Waals surface area contributed by atoms with Gasteiger partial charge in [0.05, 0.1) is 11.1 Å². The monoisotopic (exact) mass is 412 g/mol. The van der Waals surface area contributed by atoms with E-state index >= 15 is 0 Å². The van der Waals surface area contributed by atoms with E-state index in [0.29, 0.717) is 17.5 Å². The van der Waals surface area contributed by atoms with E-state index in [1.165, 1.54) is 42.5 Å². The molecule has 28 heavy (non-hydrogen) atoms. The first kappa shape index (κ1) is 18.1. The highest BCUT2D eigenvalue weighted by Crippen LogP contribution is 2.40. The molecule has 2 aliphatic rings. The molecule has 0 aliphatic heterocycles. The molecule has 2 N–H and O–H groups in total. The van der Waals surface area contributed by atoms with Gasteiger partial charge >= 0.3 is 0 Å². The third-order valence-corrected chi connectivity index (χ3v) is 7.62. The van der Waals surface area contributed by atoms with Crippen LogP contribution in [0.3, 0.4) is 0 Å². The molecule has 146 valence electrons. The maximum absolute atomic E-state index is 6.38. The summed E-state index contributed by atoms with van der Waals surface area (Å²) in [6, 6.07) is 0. The number of thioether (sulfide) groups is 1. The van der Waals surface area contributed by atoms with Crippen molar-refractivity contribution in [1.82, 2.24) is 24.7 Å². The summed E-state index contributed by atoms with van der Waals surface area (Å²) in [4.78, 5) is 12.0. The van der Waals surface area contributed by atoms with Crippen LogP contribution in [0.2, 0.25) is 0 Å². The van der Waals surface area contributed by atoms with Crippen LogP contribution in [0.4, 0.5) is 5.82 Å². The molecule has 3 aromatic heterocycles. The fourth-order valence-corrected chi connectivity index (χ4v) is 6.05. The predicted octanol–water partition coefficient (Wildman–Crippen LogP) is 4.49. The molecule has 0 unspecified atom stereocenters. The van der Waals surface area contributed by atoms with E-state index in [1.54, 1.807) is 23.1 Å². The summed E-state index contributed by atoms with van der Waals surface area (Å²) in [5, 5.41) is 10.8. The van der Waals surface area contributed by atoms with Crippen LogP contribution in [0.1, 0.15) is 60.1 Å². The van der Waals surface area contributed by atoms with Gasteiger partial charge in [0.25, 0.3) is 0 Å². The van der Waals surface area contributed by atoms with Crippen molar-refractivity contribution >= 4 is 39.1 Å². The fraction of sp³-hybridized carbons (Fsp3) is 0.500. The van der Waals surface area contributed by atoms with Gasteiger partial charge in [0, 0.05) is 17.3 Å². The van der Waals surface area contributed by atoms with Crippen LogP contribution in [-0.2, 0) is 25.1 Å². The minimum absolute atomic E-state index is 0.562. The first-order valence-corrected chi connectivity index (χ1v) is 11.8. The number of nitrogen functional groups attached to an aromatic ring is 1. The first-order valence-electron chi connectivity index (χ1n) is 9.98. The number of hydrogen-bond donors (Lipinski definition) is 1. The van der Waals surface area contributed by atoms with Crippen molar-refractivity contribution < 1.29 is 0 Å². The summed E-state index contributed by atoms with van der Waals surface area (Å²) in [6.07, 6.45) is 10.4. The van der Waals surface area contributed by atoms with Crippen molar-refractivity contribution in [1.29, 1.82) is 0 Å². The predicted molar refractivity (Wildman–Crippen MR) is 115 cm³/mol. The molecule has 6 nitrogen and oxygen atoms in total. The zero-order valence-electron chi connectivity index (χ0n) is 15.9. The van der Waals surface area contributed by atoms with Gasteiger partial charge in [-0.15, -0.1) is 28.1 Å². The van der Waals surface area contributed by atoms with Gasteiger partial charge in [-0.25, -0.2) is 9.97 Å². The molecular formula is C20H24N6S2. The van der Waals surface area contributed by atoms with Crippen molar-refractivity contribution in [2.75, 3.05) is 5.73 Å². The smallest absolute Gasteiger partial charge is 0.191 e. The maximum atomic E-state index is 6.38. The molecule has 0 atom stereocenters. The molecule has 1 saturated carbocycles. The van der Waals surface area contributed by atoms with Gasteiger partial charge in [0.15, 0.2) is 5.16 Å². The highest BCUT2D eigenvalue weighted by atomic mass is 32.2. The number of hydrogen-bond acceptors (Lipinski definition) is 7. The number of aryl methyl sites for hydroxylation is 2. The Balaban J connectivity index is 1.41. The zero-order valence-corrected chi connectivity index (χ0v) is 17.5. The summed E-state index contributed by atoms with van der Waals surface area (Å²) in [5.41, 5.74) is 7.77. The molecule has 1 fully saturated rings. The van der Waals surface area contributed by atoms with Crippen molar-refractivity contribution in [3.63, 3.8) is 0 Å². The number of anilines is 1. The fourth-order valence-electron chi connectivity index (χ4n) is 3.95. The molecule has 0 bridgehead atoms. The Kier molecular flexibility index (Phi) is 4.84. The minimum Gasteiger partial charge on any atom is -0.383 e. The van der Waals surface area contributed by atoms with E-state index in [1.807, 2.05) is 6.08 Å². The third-order valence-electron chi connectivity index (χ3n) is 5.47. The molecule has 5 rings (SSSR count). The topological polar surface area (TPSA) is 82.5 Å². The SMILES string of the molecule is C=CCn1c(SCc2nc(N)c3c4c(sc3n2)CCCCC4)nnc1C1CC1. The molecule has 0 saturated heterocycles. The van der Waals surface area contributed by atoms with E-state index in [0.717, 1.165) is 46.4 Å². The van der Waals surface area contributed by atoms with Crippen molar-refractivity contribution in [2.24, 2.45) is 0 Å². The summed E-state index contributed by atoms with van der Waals surface area (Å²) >= 11 is 3.43. The second-order valence-electron chi connectivity index (χ2n) is 7.57. The van der Waals surface area contributed by atoms with Gasteiger partial charge in [-0.1, -0.05) is 24.3 Å². The van der Waals surface area contributed by atoms with Gasteiger partial charge in [-0.05, 0) is 44.1 Å². The number of thiophene rings is 1. The molecule has 0 radical (unpaired) electrons. The van der Waals surface area contributed by atoms with Crippen LogP contribution in [0.5, 0.6) is 0 Å². The summed E-state index contributed by atoms with van der Waals surface area (Å²) in [7, 11) is 0. The van der Waals surface area contributed by atoms with E-state index in [4.69, 9.17) is 10.7 Å².